The van der Waals surface area contributed by atoms with E-state index in [0.29, 0.717) is 17.1 Å². The monoisotopic (exact) mass is 381 g/mol. The van der Waals surface area contributed by atoms with Crippen molar-refractivity contribution < 1.29 is 13.2 Å². The number of benzene rings is 2. The molecule has 0 aliphatic rings. The summed E-state index contributed by atoms with van der Waals surface area (Å²) in [6.07, 6.45) is 1.52. The molecule has 1 N–H and O–H groups in total. The highest BCUT2D eigenvalue weighted by molar-refractivity contribution is 7.92. The fourth-order valence-corrected chi connectivity index (χ4v) is 3.62. The minimum absolute atomic E-state index is 0.159. The van der Waals surface area contributed by atoms with Gasteiger partial charge in [-0.25, -0.2) is 8.42 Å². The molecule has 0 atom stereocenters. The van der Waals surface area contributed by atoms with Gasteiger partial charge in [-0.3, -0.25) is 4.72 Å². The predicted molar refractivity (Wildman–Crippen MR) is 100 cm³/mol. The van der Waals surface area contributed by atoms with Crippen LogP contribution >= 0.6 is 0 Å². The summed E-state index contributed by atoms with van der Waals surface area (Å²) >= 11 is 0. The van der Waals surface area contributed by atoms with Crippen LogP contribution < -0.4 is 9.46 Å². The first-order valence-electron chi connectivity index (χ1n) is 7.99. The number of rotatable bonds is 5. The van der Waals surface area contributed by atoms with E-state index < -0.39 is 10.0 Å². The van der Waals surface area contributed by atoms with Crippen LogP contribution in [0.1, 0.15) is 0 Å². The number of sulfonamides is 1. The second kappa shape index (κ2) is 6.69. The van der Waals surface area contributed by atoms with Crippen molar-refractivity contribution in [1.82, 2.24) is 19.8 Å². The van der Waals surface area contributed by atoms with Crippen LogP contribution in [0.2, 0.25) is 0 Å². The van der Waals surface area contributed by atoms with Crippen molar-refractivity contribution in [1.29, 1.82) is 0 Å². The Bertz CT molecular complexity index is 1190. The molecule has 8 nitrogen and oxygen atoms in total. The van der Waals surface area contributed by atoms with Crippen LogP contribution in [0.4, 0.5) is 5.69 Å². The van der Waals surface area contributed by atoms with Crippen molar-refractivity contribution in [2.45, 2.75) is 4.90 Å². The Morgan fingerprint density at radius 2 is 1.70 bits per heavy atom. The lowest BCUT2D eigenvalue weighted by Gasteiger charge is -2.09. The minimum Gasteiger partial charge on any atom is -0.497 e. The molecule has 0 aliphatic carbocycles. The van der Waals surface area contributed by atoms with E-state index in [1.165, 1.54) is 25.6 Å². The molecule has 2 aromatic heterocycles. The zero-order chi connectivity index (χ0) is 18.9. The summed E-state index contributed by atoms with van der Waals surface area (Å²) in [6.45, 7) is 0. The van der Waals surface area contributed by atoms with Crippen LogP contribution in [0, 0.1) is 0 Å². The van der Waals surface area contributed by atoms with Gasteiger partial charge in [-0.2, -0.15) is 9.61 Å². The Morgan fingerprint density at radius 1 is 0.963 bits per heavy atom. The molecule has 0 saturated heterocycles. The number of nitrogens with one attached hydrogen (secondary N) is 1. The molecule has 9 heteroatoms. The lowest BCUT2D eigenvalue weighted by atomic mass is 10.1. The summed E-state index contributed by atoms with van der Waals surface area (Å²) in [4.78, 5) is 0.159. The fraction of sp³-hybridized carbons (Fsp3) is 0.0556. The quantitative estimate of drug-likeness (QED) is 0.571. The van der Waals surface area contributed by atoms with Gasteiger partial charge in [0, 0.05) is 11.3 Å². The molecule has 4 aromatic rings. The molecular weight excluding hydrogens is 366 g/mol. The van der Waals surface area contributed by atoms with Gasteiger partial charge in [0.15, 0.2) is 5.65 Å². The van der Waals surface area contributed by atoms with Gasteiger partial charge in [-0.05, 0) is 48.5 Å². The molecule has 0 saturated carbocycles. The van der Waals surface area contributed by atoms with E-state index in [9.17, 15) is 8.42 Å². The number of fused-ring (bicyclic) bond motifs is 1. The van der Waals surface area contributed by atoms with E-state index in [-0.39, 0.29) is 4.90 Å². The smallest absolute Gasteiger partial charge is 0.261 e. The van der Waals surface area contributed by atoms with Crippen LogP contribution in [-0.2, 0) is 10.0 Å². The highest BCUT2D eigenvalue weighted by atomic mass is 32.2. The first kappa shape index (κ1) is 17.0. The standard InChI is InChI=1S/C18H15N5O3S/c1-26-15-6-8-16(9-7-15)27(24,25)22-14-4-2-13(3-5-14)17-10-11-18-20-19-12-23(18)21-17/h2-12,22H,1H3. The Balaban J connectivity index is 1.56. The van der Waals surface area contributed by atoms with Gasteiger partial charge < -0.3 is 4.74 Å². The molecule has 2 heterocycles. The zero-order valence-electron chi connectivity index (χ0n) is 14.3. The number of methoxy groups -OCH3 is 1. The van der Waals surface area contributed by atoms with Crippen LogP contribution in [0.3, 0.4) is 0 Å². The fourth-order valence-electron chi connectivity index (χ4n) is 2.56. The van der Waals surface area contributed by atoms with Crippen molar-refractivity contribution in [3.63, 3.8) is 0 Å². The average Bonchev–Trinajstić information content (AvgIpc) is 3.16. The van der Waals surface area contributed by atoms with Crippen molar-refractivity contribution in [2.75, 3.05) is 11.8 Å². The van der Waals surface area contributed by atoms with Gasteiger partial charge in [0.1, 0.15) is 12.1 Å². The largest absolute Gasteiger partial charge is 0.497 e. The molecule has 0 unspecified atom stereocenters. The summed E-state index contributed by atoms with van der Waals surface area (Å²) in [5.74, 6) is 0.593. The maximum Gasteiger partial charge on any atom is 0.261 e. The lowest BCUT2D eigenvalue weighted by molar-refractivity contribution is 0.414. The van der Waals surface area contributed by atoms with E-state index in [4.69, 9.17) is 4.74 Å². The zero-order valence-corrected chi connectivity index (χ0v) is 15.1. The van der Waals surface area contributed by atoms with Crippen LogP contribution in [0.25, 0.3) is 16.9 Å². The molecule has 2 aromatic carbocycles. The molecule has 0 spiro atoms. The molecule has 0 radical (unpaired) electrons. The maximum absolute atomic E-state index is 12.5. The predicted octanol–water partition coefficient (Wildman–Crippen LogP) is 2.60. The Morgan fingerprint density at radius 3 is 2.41 bits per heavy atom. The third-order valence-electron chi connectivity index (χ3n) is 3.96. The molecule has 0 aliphatic heterocycles. The number of anilines is 1. The summed E-state index contributed by atoms with van der Waals surface area (Å²) in [5.41, 5.74) is 2.69. The van der Waals surface area contributed by atoms with Crippen LogP contribution in [-0.4, -0.2) is 35.3 Å². The van der Waals surface area contributed by atoms with Crippen molar-refractivity contribution in [3.8, 4) is 17.0 Å². The first-order chi connectivity index (χ1) is 13.0. The van der Waals surface area contributed by atoms with Gasteiger partial charge in [0.05, 0.1) is 17.7 Å². The normalized spacial score (nSPS) is 11.4. The second-order valence-electron chi connectivity index (χ2n) is 5.71. The molecule has 0 fully saturated rings. The number of ether oxygens (including phenoxy) is 1. The van der Waals surface area contributed by atoms with E-state index >= 15 is 0 Å². The average molecular weight is 381 g/mol. The summed E-state index contributed by atoms with van der Waals surface area (Å²) in [7, 11) is -2.15. The number of nitrogens with zero attached hydrogens (tertiary/aromatic N) is 4. The first-order valence-corrected chi connectivity index (χ1v) is 9.48. The van der Waals surface area contributed by atoms with Crippen molar-refractivity contribution in [3.05, 3.63) is 67.0 Å². The molecule has 27 heavy (non-hydrogen) atoms. The van der Waals surface area contributed by atoms with E-state index in [0.717, 1.165) is 11.3 Å². The second-order valence-corrected chi connectivity index (χ2v) is 7.39. The van der Waals surface area contributed by atoms with Crippen molar-refractivity contribution >= 4 is 21.4 Å². The third kappa shape index (κ3) is 3.44. The lowest BCUT2D eigenvalue weighted by Crippen LogP contribution is -2.12. The van der Waals surface area contributed by atoms with Crippen LogP contribution in [0.5, 0.6) is 5.75 Å². The topological polar surface area (TPSA) is 98.5 Å². The summed E-state index contributed by atoms with van der Waals surface area (Å²) in [6, 6.07) is 16.8. The molecule has 4 rings (SSSR count). The van der Waals surface area contributed by atoms with Gasteiger partial charge in [-0.15, -0.1) is 10.2 Å². The molecule has 0 amide bonds. The molecule has 0 bridgehead atoms. The summed E-state index contributed by atoms with van der Waals surface area (Å²) in [5, 5.41) is 12.1. The van der Waals surface area contributed by atoms with Gasteiger partial charge in [0.25, 0.3) is 10.0 Å². The van der Waals surface area contributed by atoms with Crippen LogP contribution in [0.15, 0.2) is 71.9 Å². The van der Waals surface area contributed by atoms with Gasteiger partial charge in [-0.1, -0.05) is 12.1 Å². The van der Waals surface area contributed by atoms with E-state index in [1.807, 2.05) is 12.1 Å². The number of hydrogen-bond donors (Lipinski definition) is 1. The summed E-state index contributed by atoms with van der Waals surface area (Å²) < 4.78 is 34.2. The van der Waals surface area contributed by atoms with E-state index in [1.54, 1.807) is 40.9 Å². The van der Waals surface area contributed by atoms with Gasteiger partial charge >= 0.3 is 0 Å². The third-order valence-corrected chi connectivity index (χ3v) is 5.36. The highest BCUT2D eigenvalue weighted by Gasteiger charge is 2.14. The Labute approximate surface area is 155 Å². The number of aromatic nitrogens is 4. The molecular formula is C18H15N5O3S. The molecule has 136 valence electrons. The van der Waals surface area contributed by atoms with Gasteiger partial charge in [0.2, 0.25) is 0 Å². The number of hydrogen-bond acceptors (Lipinski definition) is 6. The Kier molecular flexibility index (Phi) is 4.21. The highest BCUT2D eigenvalue weighted by Crippen LogP contribution is 2.22. The maximum atomic E-state index is 12.5. The Hall–Kier alpha value is -3.46. The minimum atomic E-state index is -3.68. The van der Waals surface area contributed by atoms with E-state index in [2.05, 4.69) is 20.0 Å². The SMILES string of the molecule is COc1ccc(S(=O)(=O)Nc2ccc(-c3ccc4nncn4n3)cc2)cc1. The van der Waals surface area contributed by atoms with Crippen molar-refractivity contribution in [2.24, 2.45) is 0 Å².